The van der Waals surface area contributed by atoms with Crippen molar-refractivity contribution in [3.05, 3.63) is 28.0 Å². The molecule has 0 radical (unpaired) electrons. The van der Waals surface area contributed by atoms with Crippen LogP contribution in [0.25, 0.3) is 0 Å². The fourth-order valence-electron chi connectivity index (χ4n) is 1.33. The number of aromatic nitrogens is 1. The minimum Gasteiger partial charge on any atom is -0.466 e. The smallest absolute Gasteiger partial charge is 0.311 e. The molecule has 0 unspecified atom stereocenters. The molecule has 7 heteroatoms. The van der Waals surface area contributed by atoms with Crippen LogP contribution < -0.4 is 0 Å². The van der Waals surface area contributed by atoms with Gasteiger partial charge in [-0.1, -0.05) is 11.6 Å². The summed E-state index contributed by atoms with van der Waals surface area (Å²) in [6, 6.07) is 1.65. The maximum absolute atomic E-state index is 12.9. The third kappa shape index (κ3) is 3.14. The van der Waals surface area contributed by atoms with E-state index in [0.717, 1.165) is 6.20 Å². The monoisotopic (exact) mass is 274 g/mol. The lowest BCUT2D eigenvalue weighted by Gasteiger charge is -2.10. The molecule has 0 aliphatic carbocycles. The summed E-state index contributed by atoms with van der Waals surface area (Å²) >= 11 is 5.67. The molecule has 0 aliphatic heterocycles. The predicted octanol–water partition coefficient (Wildman–Crippen LogP) is 2.65. The summed E-state index contributed by atoms with van der Waals surface area (Å²) < 4.78 is 30.4. The summed E-state index contributed by atoms with van der Waals surface area (Å²) in [5.74, 6) is -0.673. The van der Waals surface area contributed by atoms with Crippen LogP contribution in [0.15, 0.2) is 6.20 Å². The van der Waals surface area contributed by atoms with Crippen molar-refractivity contribution in [1.82, 2.24) is 4.98 Å². The maximum Gasteiger partial charge on any atom is 0.311 e. The van der Waals surface area contributed by atoms with E-state index in [0.29, 0.717) is 0 Å². The van der Waals surface area contributed by atoms with E-state index in [4.69, 9.17) is 16.9 Å². The summed E-state index contributed by atoms with van der Waals surface area (Å²) in [6.07, 6.45) is -2.26. The number of alkyl halides is 2. The number of nitriles is 1. The van der Waals surface area contributed by atoms with E-state index in [1.165, 1.54) is 0 Å². The molecule has 1 aromatic heterocycles. The van der Waals surface area contributed by atoms with Crippen molar-refractivity contribution in [1.29, 1.82) is 5.26 Å². The van der Waals surface area contributed by atoms with Gasteiger partial charge in [0.05, 0.1) is 34.9 Å². The first-order valence-corrected chi connectivity index (χ1v) is 5.40. The molecule has 1 heterocycles. The van der Waals surface area contributed by atoms with Crippen molar-refractivity contribution in [2.45, 2.75) is 19.8 Å². The average Bonchev–Trinajstić information content (AvgIpc) is 2.29. The fraction of sp³-hybridized carbons (Fsp3) is 0.364. The molecule has 0 aromatic carbocycles. The van der Waals surface area contributed by atoms with Crippen LogP contribution >= 0.6 is 11.6 Å². The summed E-state index contributed by atoms with van der Waals surface area (Å²) in [4.78, 5) is 14.9. The van der Waals surface area contributed by atoms with Crippen LogP contribution in [-0.2, 0) is 16.0 Å². The quantitative estimate of drug-likeness (QED) is 0.792. The molecule has 0 saturated carbocycles. The molecule has 18 heavy (non-hydrogen) atoms. The number of ether oxygens (including phenoxy) is 1. The van der Waals surface area contributed by atoms with Gasteiger partial charge in [0, 0.05) is 6.20 Å². The first kappa shape index (κ1) is 14.3. The van der Waals surface area contributed by atoms with E-state index < -0.39 is 24.4 Å². The minimum atomic E-state index is -2.91. The molecule has 0 bridgehead atoms. The number of halogens is 3. The Balaban J connectivity index is 3.17. The van der Waals surface area contributed by atoms with Crippen molar-refractivity contribution >= 4 is 17.6 Å². The topological polar surface area (TPSA) is 63.0 Å². The summed E-state index contributed by atoms with van der Waals surface area (Å²) in [5.41, 5.74) is -0.921. The Morgan fingerprint density at radius 2 is 2.33 bits per heavy atom. The van der Waals surface area contributed by atoms with Crippen molar-refractivity contribution < 1.29 is 18.3 Å². The van der Waals surface area contributed by atoms with Gasteiger partial charge in [-0.25, -0.2) is 8.78 Å². The van der Waals surface area contributed by atoms with Gasteiger partial charge >= 0.3 is 5.97 Å². The zero-order chi connectivity index (χ0) is 13.7. The number of pyridine rings is 1. The molecule has 0 fully saturated rings. The van der Waals surface area contributed by atoms with E-state index in [-0.39, 0.29) is 22.9 Å². The Hall–Kier alpha value is -1.74. The van der Waals surface area contributed by atoms with Crippen LogP contribution in [-0.4, -0.2) is 17.6 Å². The van der Waals surface area contributed by atoms with Gasteiger partial charge in [0.1, 0.15) is 6.07 Å². The lowest BCUT2D eigenvalue weighted by atomic mass is 10.1. The van der Waals surface area contributed by atoms with Crippen LogP contribution in [0, 0.1) is 11.3 Å². The van der Waals surface area contributed by atoms with E-state index in [9.17, 15) is 13.6 Å². The van der Waals surface area contributed by atoms with E-state index in [1.807, 2.05) is 0 Å². The number of esters is 1. The minimum absolute atomic E-state index is 0.146. The highest BCUT2D eigenvalue weighted by molar-refractivity contribution is 6.32. The number of carbonyl (C=O) groups is 1. The van der Waals surface area contributed by atoms with Gasteiger partial charge in [-0.15, -0.1) is 0 Å². The number of hydrogen-bond acceptors (Lipinski definition) is 4. The molecule has 0 atom stereocenters. The molecular weight excluding hydrogens is 266 g/mol. The first-order valence-electron chi connectivity index (χ1n) is 5.02. The first-order chi connectivity index (χ1) is 8.51. The standard InChI is InChI=1S/C11H9ClF2N2O2/c1-2-18-8(17)3-7-9(11(13)14)10(12)6(4-15)5-16-7/h5,11H,2-3H2,1H3. The lowest BCUT2D eigenvalue weighted by Crippen LogP contribution is -2.12. The molecule has 4 nitrogen and oxygen atoms in total. The normalized spacial score (nSPS) is 10.2. The second kappa shape index (κ2) is 6.26. The number of nitrogens with zero attached hydrogens (tertiary/aromatic N) is 2. The molecule has 0 amide bonds. The highest BCUT2D eigenvalue weighted by Crippen LogP contribution is 2.31. The summed E-state index contributed by atoms with van der Waals surface area (Å²) in [7, 11) is 0. The summed E-state index contributed by atoms with van der Waals surface area (Å²) in [5, 5.41) is 8.30. The molecular formula is C11H9ClF2N2O2. The zero-order valence-electron chi connectivity index (χ0n) is 9.41. The van der Waals surface area contributed by atoms with Crippen LogP contribution in [0.4, 0.5) is 8.78 Å². The van der Waals surface area contributed by atoms with E-state index >= 15 is 0 Å². The Morgan fingerprint density at radius 1 is 1.67 bits per heavy atom. The Morgan fingerprint density at radius 3 is 2.83 bits per heavy atom. The van der Waals surface area contributed by atoms with Gasteiger partial charge in [0.25, 0.3) is 6.43 Å². The van der Waals surface area contributed by atoms with Gasteiger partial charge in [-0.2, -0.15) is 5.26 Å². The van der Waals surface area contributed by atoms with Crippen molar-refractivity contribution in [3.8, 4) is 6.07 Å². The van der Waals surface area contributed by atoms with Crippen LogP contribution in [0.1, 0.15) is 30.2 Å². The number of rotatable bonds is 4. The SMILES string of the molecule is CCOC(=O)Cc1ncc(C#N)c(Cl)c1C(F)F. The fourth-order valence-corrected chi connectivity index (χ4v) is 1.61. The average molecular weight is 275 g/mol. The van der Waals surface area contributed by atoms with Gasteiger partial charge in [-0.05, 0) is 6.92 Å². The van der Waals surface area contributed by atoms with E-state index in [1.54, 1.807) is 13.0 Å². The Bertz CT molecular complexity index is 501. The van der Waals surface area contributed by atoms with Gasteiger partial charge in [-0.3, -0.25) is 9.78 Å². The molecule has 1 aromatic rings. The van der Waals surface area contributed by atoms with Crippen molar-refractivity contribution in [3.63, 3.8) is 0 Å². The third-order valence-corrected chi connectivity index (χ3v) is 2.50. The molecule has 1 rings (SSSR count). The predicted molar refractivity (Wildman–Crippen MR) is 59.3 cm³/mol. The number of hydrogen-bond donors (Lipinski definition) is 0. The Labute approximate surface area is 107 Å². The highest BCUT2D eigenvalue weighted by Gasteiger charge is 2.23. The largest absolute Gasteiger partial charge is 0.466 e. The molecule has 0 saturated heterocycles. The van der Waals surface area contributed by atoms with Crippen LogP contribution in [0.2, 0.25) is 5.02 Å². The third-order valence-electron chi connectivity index (χ3n) is 2.09. The van der Waals surface area contributed by atoms with E-state index in [2.05, 4.69) is 9.72 Å². The van der Waals surface area contributed by atoms with Gasteiger partial charge in [0.2, 0.25) is 0 Å². The Kier molecular flexibility index (Phi) is 4.98. The van der Waals surface area contributed by atoms with Crippen LogP contribution in [0.3, 0.4) is 0 Å². The lowest BCUT2D eigenvalue weighted by molar-refractivity contribution is -0.142. The molecule has 96 valence electrons. The molecule has 0 N–H and O–H groups in total. The highest BCUT2D eigenvalue weighted by atomic mass is 35.5. The van der Waals surface area contributed by atoms with Gasteiger partial charge < -0.3 is 4.74 Å². The zero-order valence-corrected chi connectivity index (χ0v) is 10.2. The van der Waals surface area contributed by atoms with Crippen molar-refractivity contribution in [2.75, 3.05) is 6.61 Å². The van der Waals surface area contributed by atoms with Crippen LogP contribution in [0.5, 0.6) is 0 Å². The second-order valence-corrected chi connectivity index (χ2v) is 3.62. The summed E-state index contributed by atoms with van der Waals surface area (Å²) in [6.45, 7) is 1.75. The molecule has 0 aliphatic rings. The number of carbonyl (C=O) groups excluding carboxylic acids is 1. The second-order valence-electron chi connectivity index (χ2n) is 3.24. The van der Waals surface area contributed by atoms with Crippen molar-refractivity contribution in [2.24, 2.45) is 0 Å². The van der Waals surface area contributed by atoms with Gasteiger partial charge in [0.15, 0.2) is 0 Å². The molecule has 0 spiro atoms. The maximum atomic E-state index is 12.9.